The number of carbonyl (C=O) groups is 3. The predicted molar refractivity (Wildman–Crippen MR) is 288 cm³/mol. The quantitative estimate of drug-likeness (QED) is 0.0281. The van der Waals surface area contributed by atoms with Crippen LogP contribution in [0.15, 0.2) is 134 Å². The molecule has 0 saturated carbocycles. The van der Waals surface area contributed by atoms with Crippen molar-refractivity contribution in [2.45, 2.75) is 187 Å². The minimum Gasteiger partial charge on any atom is -0.477 e. The van der Waals surface area contributed by atoms with Crippen molar-refractivity contribution >= 4 is 17.9 Å². The van der Waals surface area contributed by atoms with E-state index in [0.29, 0.717) is 19.3 Å². The van der Waals surface area contributed by atoms with Gasteiger partial charge in [-0.25, -0.2) is 4.79 Å². The van der Waals surface area contributed by atoms with Crippen LogP contribution in [0.3, 0.4) is 0 Å². The second kappa shape index (κ2) is 48.9. The van der Waals surface area contributed by atoms with Crippen LogP contribution in [-0.4, -0.2) is 80.6 Å². The lowest BCUT2D eigenvalue weighted by atomic mass is 10.1. The zero-order valence-electron chi connectivity index (χ0n) is 43.5. The molecule has 0 aliphatic rings. The van der Waals surface area contributed by atoms with Gasteiger partial charge < -0.3 is 23.8 Å². The summed E-state index contributed by atoms with van der Waals surface area (Å²) in [5, 5.41) is 9.66. The number of aliphatic carboxylic acids is 1. The monoisotopic (exact) mass is 943 g/mol. The number of nitrogens with zero attached hydrogens (tertiary/aromatic N) is 1. The first-order valence-corrected chi connectivity index (χ1v) is 26.2. The Hall–Kier alpha value is -4.53. The number of hydrogen-bond donors (Lipinski definition) is 1. The van der Waals surface area contributed by atoms with E-state index in [4.69, 9.17) is 14.2 Å². The summed E-state index contributed by atoms with van der Waals surface area (Å²) in [5.41, 5.74) is 0. The number of carbonyl (C=O) groups excluding carboxylic acids is 2. The van der Waals surface area contributed by atoms with Gasteiger partial charge in [-0.05, 0) is 109 Å². The van der Waals surface area contributed by atoms with E-state index in [1.54, 1.807) is 0 Å². The smallest absolute Gasteiger partial charge is 0.362 e. The molecule has 0 amide bonds. The Morgan fingerprint density at radius 3 is 1.16 bits per heavy atom. The molecule has 0 aromatic rings. The van der Waals surface area contributed by atoms with Crippen LogP contribution in [0.4, 0.5) is 0 Å². The number of rotatable bonds is 45. The summed E-state index contributed by atoms with van der Waals surface area (Å²) in [7, 11) is 5.51. The lowest BCUT2D eigenvalue weighted by molar-refractivity contribution is -0.887. The first kappa shape index (κ1) is 63.5. The molecular formula is C60H96NO7+. The van der Waals surface area contributed by atoms with Crippen molar-refractivity contribution < 1.29 is 38.2 Å². The molecule has 0 rings (SSSR count). The van der Waals surface area contributed by atoms with Crippen molar-refractivity contribution in [3.8, 4) is 0 Å². The molecule has 2 atom stereocenters. The summed E-state index contributed by atoms with van der Waals surface area (Å²) in [5.74, 6) is -1.55. The molecule has 2 unspecified atom stereocenters. The van der Waals surface area contributed by atoms with Gasteiger partial charge in [0, 0.05) is 19.3 Å². The van der Waals surface area contributed by atoms with Crippen LogP contribution >= 0.6 is 0 Å². The van der Waals surface area contributed by atoms with Gasteiger partial charge in [-0.15, -0.1) is 0 Å². The minimum absolute atomic E-state index is 0.0341. The van der Waals surface area contributed by atoms with Gasteiger partial charge in [0.15, 0.2) is 12.1 Å². The molecule has 0 aromatic heterocycles. The number of quaternary nitrogens is 1. The maximum absolute atomic E-state index is 12.8. The van der Waals surface area contributed by atoms with Gasteiger partial charge in [-0.3, -0.25) is 9.59 Å². The lowest BCUT2D eigenvalue weighted by Gasteiger charge is -2.31. The molecule has 8 heteroatoms. The van der Waals surface area contributed by atoms with Gasteiger partial charge in [0.2, 0.25) is 0 Å². The van der Waals surface area contributed by atoms with E-state index in [9.17, 15) is 19.5 Å². The Kier molecular flexibility index (Phi) is 45.7. The molecule has 382 valence electrons. The number of ether oxygens (including phenoxy) is 3. The van der Waals surface area contributed by atoms with Crippen molar-refractivity contribution in [2.75, 3.05) is 41.0 Å². The zero-order valence-corrected chi connectivity index (χ0v) is 43.5. The minimum atomic E-state index is -0.888. The maximum atomic E-state index is 12.8. The van der Waals surface area contributed by atoms with Crippen molar-refractivity contribution in [2.24, 2.45) is 0 Å². The van der Waals surface area contributed by atoms with Crippen molar-refractivity contribution in [3.63, 3.8) is 0 Å². The van der Waals surface area contributed by atoms with Gasteiger partial charge in [0.1, 0.15) is 6.61 Å². The second-order valence-electron chi connectivity index (χ2n) is 18.0. The highest BCUT2D eigenvalue weighted by Gasteiger charge is 2.31. The highest BCUT2D eigenvalue weighted by atomic mass is 16.6. The molecular weight excluding hydrogens is 847 g/mol. The zero-order chi connectivity index (χ0) is 49.9. The van der Waals surface area contributed by atoms with E-state index < -0.39 is 18.1 Å². The molecule has 0 bridgehead atoms. The fourth-order valence-corrected chi connectivity index (χ4v) is 6.83. The summed E-state index contributed by atoms with van der Waals surface area (Å²) in [6.07, 6.45) is 70.7. The second-order valence-corrected chi connectivity index (χ2v) is 18.0. The fourth-order valence-electron chi connectivity index (χ4n) is 6.83. The summed E-state index contributed by atoms with van der Waals surface area (Å²) >= 11 is 0. The van der Waals surface area contributed by atoms with E-state index in [1.807, 2.05) is 21.1 Å². The van der Waals surface area contributed by atoms with Gasteiger partial charge in [-0.2, -0.15) is 0 Å². The van der Waals surface area contributed by atoms with Crippen LogP contribution in [0.25, 0.3) is 0 Å². The summed E-state index contributed by atoms with van der Waals surface area (Å²) in [6.45, 7) is 4.44. The van der Waals surface area contributed by atoms with Gasteiger partial charge in [0.05, 0.1) is 34.4 Å². The third-order valence-corrected chi connectivity index (χ3v) is 10.8. The average Bonchev–Trinajstić information content (AvgIpc) is 3.30. The number of unbranched alkanes of at least 4 members (excludes halogenated alkanes) is 9. The first-order chi connectivity index (χ1) is 33.1. The molecule has 0 radical (unpaired) electrons. The Morgan fingerprint density at radius 2 is 0.779 bits per heavy atom. The van der Waals surface area contributed by atoms with Crippen LogP contribution in [0.5, 0.6) is 0 Å². The SMILES string of the molecule is CC/C=C/C/C=C/C/C=C/C/C=C/C/C=C/C/C=C/CCCCCC(=O)OCC(COCCC(C(=O)O)[N+](C)(C)C)OC(=O)CCCCCCCC/C=C/C/C=C/C/C=C/C/C=C/C/C=C/CC. The number of likely N-dealkylation sites (N-methyl/N-ethyl adjacent to an activating group) is 1. The number of esters is 2. The molecule has 0 saturated heterocycles. The van der Waals surface area contributed by atoms with E-state index in [1.165, 1.54) is 12.8 Å². The number of hydrogen-bond acceptors (Lipinski definition) is 6. The fraction of sp³-hybridized carbons (Fsp3) is 0.583. The Bertz CT molecular complexity index is 1570. The molecule has 0 aliphatic heterocycles. The van der Waals surface area contributed by atoms with Gasteiger partial charge in [-0.1, -0.05) is 180 Å². The molecule has 0 fully saturated rings. The Balaban J connectivity index is 4.38. The molecule has 8 nitrogen and oxygen atoms in total. The van der Waals surface area contributed by atoms with Crippen LogP contribution < -0.4 is 0 Å². The summed E-state index contributed by atoms with van der Waals surface area (Å²) in [6, 6.07) is -0.633. The third kappa shape index (κ3) is 46.6. The van der Waals surface area contributed by atoms with Gasteiger partial charge in [0.25, 0.3) is 0 Å². The standard InChI is InChI=1S/C60H95NO7/c1-6-8-10-12-14-16-18-20-22-24-26-28-30-32-34-36-38-40-42-44-46-48-50-58(62)67-55-56(54-66-53-52-57(60(64)65)61(3,4)5)68-59(63)51-49-47-45-43-41-39-37-35-33-31-29-27-25-23-21-19-17-15-13-11-9-7-2/h8-11,14-17,20-23,26-29,32-35,38,40,56-57H,6-7,12-13,18-19,24-25,30-31,36-37,39,41-55H2,1-5H3/p+1/b10-8+,11-9+,16-14+,17-15+,22-20+,23-21+,28-26+,29-27+,34-32+,35-33+,40-38+. The largest absolute Gasteiger partial charge is 0.477 e. The highest BCUT2D eigenvalue weighted by molar-refractivity contribution is 5.72. The molecule has 0 aromatic carbocycles. The molecule has 0 heterocycles. The third-order valence-electron chi connectivity index (χ3n) is 10.8. The Morgan fingerprint density at radius 1 is 0.441 bits per heavy atom. The highest BCUT2D eigenvalue weighted by Crippen LogP contribution is 2.13. The van der Waals surface area contributed by atoms with Crippen molar-refractivity contribution in [1.82, 2.24) is 0 Å². The van der Waals surface area contributed by atoms with Crippen LogP contribution in [-0.2, 0) is 28.6 Å². The Labute approximate surface area is 415 Å². The number of carboxylic acids is 1. The van der Waals surface area contributed by atoms with Crippen LogP contribution in [0.2, 0.25) is 0 Å². The molecule has 0 aliphatic carbocycles. The summed E-state index contributed by atoms with van der Waals surface area (Å²) in [4.78, 5) is 37.2. The van der Waals surface area contributed by atoms with E-state index in [-0.39, 0.29) is 36.2 Å². The normalized spacial score (nSPS) is 14.0. The van der Waals surface area contributed by atoms with E-state index in [2.05, 4.69) is 148 Å². The van der Waals surface area contributed by atoms with Gasteiger partial charge >= 0.3 is 17.9 Å². The average molecular weight is 943 g/mol. The molecule has 68 heavy (non-hydrogen) atoms. The molecule has 1 N–H and O–H groups in total. The number of carboxylic acid groups (broad SMARTS) is 1. The maximum Gasteiger partial charge on any atom is 0.362 e. The van der Waals surface area contributed by atoms with Crippen LogP contribution in [0, 0.1) is 0 Å². The predicted octanol–water partition coefficient (Wildman–Crippen LogP) is 15.5. The topological polar surface area (TPSA) is 99.1 Å². The first-order valence-electron chi connectivity index (χ1n) is 26.2. The number of allylic oxidation sites excluding steroid dienone is 22. The van der Waals surface area contributed by atoms with E-state index >= 15 is 0 Å². The summed E-state index contributed by atoms with van der Waals surface area (Å²) < 4.78 is 17.3. The molecule has 0 spiro atoms. The van der Waals surface area contributed by atoms with Crippen molar-refractivity contribution in [1.29, 1.82) is 0 Å². The van der Waals surface area contributed by atoms with Crippen molar-refractivity contribution in [3.05, 3.63) is 134 Å². The van der Waals surface area contributed by atoms with Crippen LogP contribution in [0.1, 0.15) is 174 Å². The lowest BCUT2D eigenvalue weighted by Crippen LogP contribution is -2.50. The van der Waals surface area contributed by atoms with E-state index in [0.717, 1.165) is 128 Å².